The number of nitrogens with one attached hydrogen (secondary N) is 1. The Morgan fingerprint density at radius 2 is 1.95 bits per heavy atom. The van der Waals surface area contributed by atoms with Gasteiger partial charge in [0.05, 0.1) is 9.47 Å². The predicted molar refractivity (Wildman–Crippen MR) is 91.4 cm³/mol. The van der Waals surface area contributed by atoms with Crippen LogP contribution in [0.4, 0.5) is 5.69 Å². The largest absolute Gasteiger partial charge is 0.315 e. The third-order valence-corrected chi connectivity index (χ3v) is 7.11. The summed E-state index contributed by atoms with van der Waals surface area (Å²) in [6.07, 6.45) is 0. The first-order valence-electron chi connectivity index (χ1n) is 6.51. The van der Waals surface area contributed by atoms with Crippen molar-refractivity contribution in [2.45, 2.75) is 18.4 Å². The second-order valence-electron chi connectivity index (χ2n) is 4.39. The van der Waals surface area contributed by atoms with Crippen LogP contribution in [0, 0.1) is 0 Å². The molecule has 1 aromatic carbocycles. The van der Waals surface area contributed by atoms with E-state index in [9.17, 15) is 8.42 Å². The SMILES string of the molecule is CCN(c1ccccc1)S(=O)(=O)c1cc(CNC)sc1Br. The Bertz CT molecular complexity index is 699. The van der Waals surface area contributed by atoms with Gasteiger partial charge >= 0.3 is 0 Å². The zero-order valence-electron chi connectivity index (χ0n) is 11.8. The van der Waals surface area contributed by atoms with Gasteiger partial charge in [-0.25, -0.2) is 8.42 Å². The molecule has 0 bridgehead atoms. The van der Waals surface area contributed by atoms with E-state index in [2.05, 4.69) is 21.2 Å². The van der Waals surface area contributed by atoms with Gasteiger partial charge in [0.25, 0.3) is 10.0 Å². The summed E-state index contributed by atoms with van der Waals surface area (Å²) in [6.45, 7) is 2.87. The fourth-order valence-electron chi connectivity index (χ4n) is 2.04. The van der Waals surface area contributed by atoms with E-state index in [4.69, 9.17) is 0 Å². The van der Waals surface area contributed by atoms with E-state index in [-0.39, 0.29) is 0 Å². The van der Waals surface area contributed by atoms with Gasteiger partial charge in [0.2, 0.25) is 0 Å². The number of rotatable bonds is 6. The van der Waals surface area contributed by atoms with E-state index in [0.29, 0.717) is 27.5 Å². The van der Waals surface area contributed by atoms with Crippen molar-refractivity contribution in [3.63, 3.8) is 0 Å². The molecule has 0 radical (unpaired) electrons. The van der Waals surface area contributed by atoms with Gasteiger partial charge in [0.15, 0.2) is 0 Å². The molecule has 0 saturated carbocycles. The third-order valence-electron chi connectivity index (χ3n) is 2.96. The topological polar surface area (TPSA) is 49.4 Å². The molecule has 7 heteroatoms. The molecule has 0 saturated heterocycles. The van der Waals surface area contributed by atoms with Gasteiger partial charge in [-0.15, -0.1) is 11.3 Å². The number of hydrogen-bond donors (Lipinski definition) is 1. The lowest BCUT2D eigenvalue weighted by Crippen LogP contribution is -2.30. The maximum absolute atomic E-state index is 12.9. The lowest BCUT2D eigenvalue weighted by atomic mass is 10.3. The molecule has 0 amide bonds. The molecule has 0 aliphatic heterocycles. The summed E-state index contributed by atoms with van der Waals surface area (Å²) < 4.78 is 27.8. The molecule has 0 spiro atoms. The summed E-state index contributed by atoms with van der Waals surface area (Å²) in [6, 6.07) is 10.9. The molecule has 1 heterocycles. The molecule has 0 fully saturated rings. The highest BCUT2D eigenvalue weighted by molar-refractivity contribution is 9.11. The van der Waals surface area contributed by atoms with Gasteiger partial charge in [0, 0.05) is 18.0 Å². The molecular formula is C14H17BrN2O2S2. The number of hydrogen-bond acceptors (Lipinski definition) is 4. The molecule has 0 aliphatic rings. The van der Waals surface area contributed by atoms with Crippen LogP contribution in [0.2, 0.25) is 0 Å². The van der Waals surface area contributed by atoms with Gasteiger partial charge in [0.1, 0.15) is 4.90 Å². The number of nitrogens with zero attached hydrogens (tertiary/aromatic N) is 1. The molecule has 4 nitrogen and oxygen atoms in total. The molecular weight excluding hydrogens is 372 g/mol. The van der Waals surface area contributed by atoms with Crippen molar-refractivity contribution < 1.29 is 8.42 Å². The summed E-state index contributed by atoms with van der Waals surface area (Å²) >= 11 is 4.82. The van der Waals surface area contributed by atoms with Crippen LogP contribution in [0.25, 0.3) is 0 Å². The molecule has 1 N–H and O–H groups in total. The smallest absolute Gasteiger partial charge is 0.266 e. The lowest BCUT2D eigenvalue weighted by Gasteiger charge is -2.22. The highest BCUT2D eigenvalue weighted by atomic mass is 79.9. The number of thiophene rings is 1. The minimum atomic E-state index is -3.56. The molecule has 21 heavy (non-hydrogen) atoms. The quantitative estimate of drug-likeness (QED) is 0.824. The van der Waals surface area contributed by atoms with Crippen LogP contribution in [0.3, 0.4) is 0 Å². The normalized spacial score (nSPS) is 11.6. The molecule has 0 aliphatic carbocycles. The van der Waals surface area contributed by atoms with Crippen LogP contribution < -0.4 is 9.62 Å². The number of para-hydroxylation sites is 1. The Labute approximate surface area is 138 Å². The molecule has 0 unspecified atom stereocenters. The van der Waals surface area contributed by atoms with Crippen LogP contribution in [-0.4, -0.2) is 22.0 Å². The van der Waals surface area contributed by atoms with Crippen LogP contribution in [0.5, 0.6) is 0 Å². The number of benzene rings is 1. The van der Waals surface area contributed by atoms with Crippen molar-refractivity contribution in [2.24, 2.45) is 0 Å². The molecule has 114 valence electrons. The van der Waals surface area contributed by atoms with Gasteiger partial charge in [-0.1, -0.05) is 18.2 Å². The fraction of sp³-hybridized carbons (Fsp3) is 0.286. The first-order valence-corrected chi connectivity index (χ1v) is 9.56. The maximum Gasteiger partial charge on any atom is 0.266 e. The Kier molecular flexibility index (Phi) is 5.43. The molecule has 2 rings (SSSR count). The van der Waals surface area contributed by atoms with Crippen LogP contribution >= 0.6 is 27.3 Å². The Balaban J connectivity index is 2.45. The highest BCUT2D eigenvalue weighted by Crippen LogP contribution is 2.35. The van der Waals surface area contributed by atoms with E-state index in [1.165, 1.54) is 15.6 Å². The monoisotopic (exact) mass is 388 g/mol. The van der Waals surface area contributed by atoms with E-state index >= 15 is 0 Å². The van der Waals surface area contributed by atoms with Crippen molar-refractivity contribution in [3.05, 3.63) is 45.1 Å². The summed E-state index contributed by atoms with van der Waals surface area (Å²) in [4.78, 5) is 1.30. The zero-order chi connectivity index (χ0) is 15.5. The fourth-order valence-corrected chi connectivity index (χ4v) is 6.16. The van der Waals surface area contributed by atoms with Crippen LogP contribution in [0.1, 0.15) is 11.8 Å². The van der Waals surface area contributed by atoms with Crippen molar-refractivity contribution in [3.8, 4) is 0 Å². The Hall–Kier alpha value is -0.890. The number of halogens is 1. The van der Waals surface area contributed by atoms with E-state index in [1.54, 1.807) is 18.2 Å². The Morgan fingerprint density at radius 3 is 2.52 bits per heavy atom. The minimum absolute atomic E-state index is 0.323. The van der Waals surface area contributed by atoms with Gasteiger partial charge in [-0.05, 0) is 48.1 Å². The van der Waals surface area contributed by atoms with E-state index in [0.717, 1.165) is 4.88 Å². The Morgan fingerprint density at radius 1 is 1.29 bits per heavy atom. The average Bonchev–Trinajstić information content (AvgIpc) is 2.82. The lowest BCUT2D eigenvalue weighted by molar-refractivity contribution is 0.591. The summed E-state index contributed by atoms with van der Waals surface area (Å²) in [5.41, 5.74) is 0.674. The summed E-state index contributed by atoms with van der Waals surface area (Å²) in [5, 5.41) is 3.03. The van der Waals surface area contributed by atoms with Crippen molar-refractivity contribution in [1.82, 2.24) is 5.32 Å². The molecule has 2 aromatic rings. The van der Waals surface area contributed by atoms with Crippen molar-refractivity contribution >= 4 is 43.0 Å². The first kappa shape index (κ1) is 16.5. The first-order chi connectivity index (χ1) is 10.0. The van der Waals surface area contributed by atoms with Crippen molar-refractivity contribution in [2.75, 3.05) is 17.9 Å². The van der Waals surface area contributed by atoms with Crippen molar-refractivity contribution in [1.29, 1.82) is 0 Å². The molecule has 0 atom stereocenters. The average molecular weight is 389 g/mol. The van der Waals surface area contributed by atoms with Gasteiger partial charge < -0.3 is 5.32 Å². The zero-order valence-corrected chi connectivity index (χ0v) is 15.1. The summed E-state index contributed by atoms with van der Waals surface area (Å²) in [7, 11) is -1.73. The highest BCUT2D eigenvalue weighted by Gasteiger charge is 2.27. The van der Waals surface area contributed by atoms with Crippen LogP contribution in [-0.2, 0) is 16.6 Å². The number of sulfonamides is 1. The van der Waals surface area contributed by atoms with E-state index in [1.807, 2.05) is 32.2 Å². The maximum atomic E-state index is 12.9. The number of anilines is 1. The van der Waals surface area contributed by atoms with Gasteiger partial charge in [-0.3, -0.25) is 4.31 Å². The standard InChI is InChI=1S/C14H17BrN2O2S2/c1-3-17(11-7-5-4-6-8-11)21(18,19)13-9-12(10-16-2)20-14(13)15/h4-9,16H,3,10H2,1-2H3. The third kappa shape index (κ3) is 3.48. The predicted octanol–water partition coefficient (Wildman–Crippen LogP) is 3.45. The second-order valence-corrected chi connectivity index (χ2v) is 8.67. The minimum Gasteiger partial charge on any atom is -0.315 e. The molecule has 1 aromatic heterocycles. The second kappa shape index (κ2) is 6.91. The van der Waals surface area contributed by atoms with Crippen LogP contribution in [0.15, 0.2) is 45.1 Å². The summed E-state index contributed by atoms with van der Waals surface area (Å²) in [5.74, 6) is 0. The van der Waals surface area contributed by atoms with E-state index < -0.39 is 10.0 Å². The van der Waals surface area contributed by atoms with Gasteiger partial charge in [-0.2, -0.15) is 0 Å².